The molecule has 1 aromatic carbocycles. The number of hydrogen-bond donors (Lipinski definition) is 0. The van der Waals surface area contributed by atoms with Crippen molar-refractivity contribution in [2.24, 2.45) is 0 Å². The minimum Gasteiger partial charge on any atom is -0.343 e. The van der Waals surface area contributed by atoms with E-state index in [9.17, 15) is 9.59 Å². The monoisotopic (exact) mass is 352 g/mol. The lowest BCUT2D eigenvalue weighted by Gasteiger charge is -2.24. The van der Waals surface area contributed by atoms with Crippen LogP contribution in [0.2, 0.25) is 0 Å². The number of aromatic nitrogens is 2. The lowest BCUT2D eigenvalue weighted by Crippen LogP contribution is -2.36. The number of rotatable bonds is 6. The normalized spacial score (nSPS) is 13.7. The van der Waals surface area contributed by atoms with E-state index in [1.165, 1.54) is 6.20 Å². The molecule has 0 N–H and O–H groups in total. The van der Waals surface area contributed by atoms with Gasteiger partial charge in [0.25, 0.3) is 5.91 Å². The Hall–Kier alpha value is -2.76. The Labute approximate surface area is 153 Å². The predicted octanol–water partition coefficient (Wildman–Crippen LogP) is 2.44. The largest absolute Gasteiger partial charge is 0.343 e. The number of nitrogens with zero attached hydrogens (tertiary/aromatic N) is 4. The highest BCUT2D eigenvalue weighted by Crippen LogP contribution is 2.12. The van der Waals surface area contributed by atoms with Crippen LogP contribution in [0.3, 0.4) is 0 Å². The Kier molecular flexibility index (Phi) is 5.94. The van der Waals surface area contributed by atoms with Crippen molar-refractivity contribution >= 4 is 11.8 Å². The van der Waals surface area contributed by atoms with Gasteiger partial charge in [0.1, 0.15) is 5.69 Å². The molecule has 1 fully saturated rings. The number of carbonyl (C=O) groups excluding carboxylic acids is 2. The van der Waals surface area contributed by atoms with Gasteiger partial charge in [-0.15, -0.1) is 0 Å². The van der Waals surface area contributed by atoms with E-state index in [1.54, 1.807) is 11.1 Å². The maximum Gasteiger partial charge on any atom is 0.274 e. The summed E-state index contributed by atoms with van der Waals surface area (Å²) in [5.41, 5.74) is 2.09. The molecule has 1 aliphatic heterocycles. The lowest BCUT2D eigenvalue weighted by molar-refractivity contribution is -0.130. The Morgan fingerprint density at radius 2 is 1.81 bits per heavy atom. The van der Waals surface area contributed by atoms with E-state index in [0.717, 1.165) is 37.2 Å². The van der Waals surface area contributed by atoms with E-state index in [-0.39, 0.29) is 11.8 Å². The van der Waals surface area contributed by atoms with Gasteiger partial charge in [-0.25, -0.2) is 4.98 Å². The molecular formula is C20H24N4O2. The molecule has 0 radical (unpaired) electrons. The molecule has 136 valence electrons. The van der Waals surface area contributed by atoms with E-state index < -0.39 is 0 Å². The fourth-order valence-corrected chi connectivity index (χ4v) is 3.08. The van der Waals surface area contributed by atoms with Crippen LogP contribution >= 0.6 is 0 Å². The standard InChI is InChI=1S/C20H24N4O2/c1-16-13-22-18(14-21-16)20(26)24(15-17-7-3-2-4-8-17)12-9-19(25)23-10-5-6-11-23/h2-4,7-8,13-14H,5-6,9-12,15H2,1H3. The first-order valence-electron chi connectivity index (χ1n) is 9.03. The molecule has 6 heteroatoms. The summed E-state index contributed by atoms with van der Waals surface area (Å²) in [5.74, 6) is -0.0843. The highest BCUT2D eigenvalue weighted by molar-refractivity contribution is 5.92. The number of likely N-dealkylation sites (tertiary alicyclic amines) is 1. The van der Waals surface area contributed by atoms with Gasteiger partial charge < -0.3 is 9.80 Å². The van der Waals surface area contributed by atoms with Crippen LogP contribution in [0.4, 0.5) is 0 Å². The van der Waals surface area contributed by atoms with Gasteiger partial charge in [0.15, 0.2) is 0 Å². The Balaban J connectivity index is 1.71. The highest BCUT2D eigenvalue weighted by atomic mass is 16.2. The van der Waals surface area contributed by atoms with Gasteiger partial charge in [0.05, 0.1) is 11.9 Å². The van der Waals surface area contributed by atoms with Crippen molar-refractivity contribution in [3.8, 4) is 0 Å². The van der Waals surface area contributed by atoms with Gasteiger partial charge >= 0.3 is 0 Å². The SMILES string of the molecule is Cc1cnc(C(=O)N(CCC(=O)N2CCCC2)Cc2ccccc2)cn1. The number of hydrogen-bond acceptors (Lipinski definition) is 4. The van der Waals surface area contributed by atoms with Crippen LogP contribution in [0.5, 0.6) is 0 Å². The van der Waals surface area contributed by atoms with Crippen LogP contribution in [0.15, 0.2) is 42.7 Å². The summed E-state index contributed by atoms with van der Waals surface area (Å²) in [4.78, 5) is 37.2. The molecule has 26 heavy (non-hydrogen) atoms. The summed E-state index contributed by atoms with van der Waals surface area (Å²) >= 11 is 0. The Bertz CT molecular complexity index is 740. The van der Waals surface area contributed by atoms with Crippen molar-refractivity contribution in [3.63, 3.8) is 0 Å². The summed E-state index contributed by atoms with van der Waals surface area (Å²) in [6, 6.07) is 9.78. The third-order valence-electron chi connectivity index (χ3n) is 4.56. The van der Waals surface area contributed by atoms with Crippen molar-refractivity contribution in [2.45, 2.75) is 32.7 Å². The molecule has 0 saturated carbocycles. The molecule has 1 aromatic heterocycles. The van der Waals surface area contributed by atoms with E-state index in [4.69, 9.17) is 0 Å². The van der Waals surface area contributed by atoms with Crippen molar-refractivity contribution in [2.75, 3.05) is 19.6 Å². The maximum absolute atomic E-state index is 12.9. The van der Waals surface area contributed by atoms with E-state index in [2.05, 4.69) is 9.97 Å². The fraction of sp³-hybridized carbons (Fsp3) is 0.400. The number of amides is 2. The second-order valence-electron chi connectivity index (χ2n) is 6.59. The van der Waals surface area contributed by atoms with Gasteiger partial charge in [0, 0.05) is 38.8 Å². The molecule has 0 atom stereocenters. The number of carbonyl (C=O) groups is 2. The zero-order valence-corrected chi connectivity index (χ0v) is 15.1. The molecule has 0 unspecified atom stereocenters. The lowest BCUT2D eigenvalue weighted by atomic mass is 10.2. The second kappa shape index (κ2) is 8.56. The maximum atomic E-state index is 12.9. The second-order valence-corrected chi connectivity index (χ2v) is 6.59. The summed E-state index contributed by atoms with van der Waals surface area (Å²) < 4.78 is 0. The molecule has 0 spiro atoms. The molecule has 2 amide bonds. The van der Waals surface area contributed by atoms with Crippen LogP contribution in [-0.4, -0.2) is 51.2 Å². The topological polar surface area (TPSA) is 66.4 Å². The first-order valence-corrected chi connectivity index (χ1v) is 9.03. The molecule has 3 rings (SSSR count). The van der Waals surface area contributed by atoms with Crippen molar-refractivity contribution < 1.29 is 9.59 Å². The van der Waals surface area contributed by atoms with Gasteiger partial charge in [0.2, 0.25) is 5.91 Å². The number of benzene rings is 1. The Morgan fingerprint density at radius 1 is 1.08 bits per heavy atom. The van der Waals surface area contributed by atoms with E-state index >= 15 is 0 Å². The molecule has 0 bridgehead atoms. The van der Waals surface area contributed by atoms with Crippen LogP contribution in [-0.2, 0) is 11.3 Å². The van der Waals surface area contributed by atoms with Gasteiger partial charge in [-0.2, -0.15) is 0 Å². The van der Waals surface area contributed by atoms with Crippen molar-refractivity contribution in [1.82, 2.24) is 19.8 Å². The van der Waals surface area contributed by atoms with E-state index in [1.807, 2.05) is 42.2 Å². The molecular weight excluding hydrogens is 328 g/mol. The summed E-state index contributed by atoms with van der Waals surface area (Å²) in [7, 11) is 0. The van der Waals surface area contributed by atoms with E-state index in [0.29, 0.717) is 25.2 Å². The quantitative estimate of drug-likeness (QED) is 0.801. The van der Waals surface area contributed by atoms with Gasteiger partial charge in [-0.3, -0.25) is 14.6 Å². The predicted molar refractivity (Wildman–Crippen MR) is 98.4 cm³/mol. The minimum atomic E-state index is -0.199. The number of aryl methyl sites for hydroxylation is 1. The molecule has 1 aliphatic rings. The minimum absolute atomic E-state index is 0.114. The smallest absolute Gasteiger partial charge is 0.274 e. The van der Waals surface area contributed by atoms with Crippen LogP contribution in [0.1, 0.15) is 41.0 Å². The fourth-order valence-electron chi connectivity index (χ4n) is 3.08. The van der Waals surface area contributed by atoms with Crippen LogP contribution in [0, 0.1) is 6.92 Å². The van der Waals surface area contributed by atoms with Crippen LogP contribution < -0.4 is 0 Å². The van der Waals surface area contributed by atoms with Gasteiger partial charge in [-0.05, 0) is 25.3 Å². The molecule has 6 nitrogen and oxygen atoms in total. The third kappa shape index (κ3) is 4.65. The average Bonchev–Trinajstić information content (AvgIpc) is 3.20. The van der Waals surface area contributed by atoms with Crippen molar-refractivity contribution in [1.29, 1.82) is 0 Å². The molecule has 1 saturated heterocycles. The average molecular weight is 352 g/mol. The zero-order valence-electron chi connectivity index (χ0n) is 15.1. The third-order valence-corrected chi connectivity index (χ3v) is 4.56. The molecule has 2 heterocycles. The molecule has 2 aromatic rings. The first-order chi connectivity index (χ1) is 12.6. The zero-order chi connectivity index (χ0) is 18.4. The summed E-state index contributed by atoms with van der Waals surface area (Å²) in [6.45, 7) is 4.31. The first kappa shape index (κ1) is 18.0. The molecule has 0 aliphatic carbocycles. The van der Waals surface area contributed by atoms with Crippen molar-refractivity contribution in [3.05, 3.63) is 59.7 Å². The van der Waals surface area contributed by atoms with Crippen LogP contribution in [0.25, 0.3) is 0 Å². The Morgan fingerprint density at radius 3 is 2.46 bits per heavy atom. The summed E-state index contributed by atoms with van der Waals surface area (Å²) in [5, 5.41) is 0. The summed E-state index contributed by atoms with van der Waals surface area (Å²) in [6.07, 6.45) is 5.55. The highest BCUT2D eigenvalue weighted by Gasteiger charge is 2.22. The van der Waals surface area contributed by atoms with Gasteiger partial charge in [-0.1, -0.05) is 30.3 Å².